The van der Waals surface area contributed by atoms with Crippen LogP contribution in [-0.2, 0) is 0 Å². The zero-order chi connectivity index (χ0) is 25.9. The number of allylic oxidation sites excluding steroid dienone is 3. The summed E-state index contributed by atoms with van der Waals surface area (Å²) >= 11 is 0. The van der Waals surface area contributed by atoms with E-state index in [0.29, 0.717) is 18.5 Å². The fraction of sp³-hybridized carbons (Fsp3) is 0.600. The molecule has 1 unspecified atom stereocenters. The van der Waals surface area contributed by atoms with Crippen molar-refractivity contribution in [2.45, 2.75) is 77.3 Å². The number of nitrogens with one attached hydrogen (secondary N) is 3. The maximum absolute atomic E-state index is 13.7. The molecule has 7 heteroatoms. The van der Waals surface area contributed by atoms with Crippen LogP contribution in [0.15, 0.2) is 41.2 Å². The molecule has 0 radical (unpaired) electrons. The summed E-state index contributed by atoms with van der Waals surface area (Å²) in [5.41, 5.74) is 6.85. The van der Waals surface area contributed by atoms with Crippen molar-refractivity contribution in [3.8, 4) is 0 Å². The number of likely N-dealkylation sites (N-methyl/N-ethyl adjacent to an activating group) is 1. The van der Waals surface area contributed by atoms with Gasteiger partial charge in [0.15, 0.2) is 0 Å². The summed E-state index contributed by atoms with van der Waals surface area (Å²) < 4.78 is 2.22. The Morgan fingerprint density at radius 3 is 2.59 bits per heavy atom. The normalized spacial score (nSPS) is 21.9. The number of dihydropyridines is 1. The number of rotatable bonds is 8. The van der Waals surface area contributed by atoms with E-state index < -0.39 is 0 Å². The molecular formula is C30H44N6O. The molecule has 1 saturated heterocycles. The summed E-state index contributed by atoms with van der Waals surface area (Å²) in [5, 5.41) is 15.8. The van der Waals surface area contributed by atoms with Crippen molar-refractivity contribution in [2.24, 2.45) is 0 Å². The lowest BCUT2D eigenvalue weighted by Gasteiger charge is -2.32. The zero-order valence-electron chi connectivity index (χ0n) is 23.1. The molecule has 200 valence electrons. The number of hydrogen-bond donors (Lipinski definition) is 3. The molecule has 7 nitrogen and oxygen atoms in total. The van der Waals surface area contributed by atoms with Crippen molar-refractivity contribution in [3.63, 3.8) is 0 Å². The van der Waals surface area contributed by atoms with Crippen LogP contribution in [0.4, 0.5) is 0 Å². The molecule has 0 spiro atoms. The minimum Gasteiger partial charge on any atom is -0.382 e. The third-order valence-corrected chi connectivity index (χ3v) is 8.74. The number of likely N-dealkylation sites (tertiary alicyclic amines) is 1. The van der Waals surface area contributed by atoms with E-state index in [9.17, 15) is 4.79 Å². The second kappa shape index (κ2) is 11.4. The van der Waals surface area contributed by atoms with Crippen LogP contribution in [0.2, 0.25) is 0 Å². The maximum Gasteiger partial charge on any atom is 0.252 e. The maximum atomic E-state index is 13.7. The smallest absolute Gasteiger partial charge is 0.252 e. The number of nitrogens with zero attached hydrogens (tertiary/aromatic N) is 3. The van der Waals surface area contributed by atoms with Crippen LogP contribution < -0.4 is 16.0 Å². The summed E-state index contributed by atoms with van der Waals surface area (Å²) in [7, 11) is 2.02. The van der Waals surface area contributed by atoms with Crippen LogP contribution in [0.1, 0.15) is 87.2 Å². The Kier molecular flexibility index (Phi) is 8.01. The summed E-state index contributed by atoms with van der Waals surface area (Å²) in [6.07, 6.45) is 11.2. The Labute approximate surface area is 221 Å². The molecule has 3 heterocycles. The first-order chi connectivity index (χ1) is 17.9. The average Bonchev–Trinajstić information content (AvgIpc) is 3.56. The first-order valence-corrected chi connectivity index (χ1v) is 14.3. The molecule has 2 aromatic rings. The van der Waals surface area contributed by atoms with Gasteiger partial charge in [0, 0.05) is 36.8 Å². The minimum absolute atomic E-state index is 0.00283. The predicted octanol–water partition coefficient (Wildman–Crippen LogP) is 4.49. The third-order valence-electron chi connectivity index (χ3n) is 8.74. The monoisotopic (exact) mass is 504 g/mol. The summed E-state index contributed by atoms with van der Waals surface area (Å²) in [6, 6.07) is 5.18. The molecule has 2 aliphatic heterocycles. The first kappa shape index (κ1) is 26.0. The van der Waals surface area contributed by atoms with Crippen LogP contribution >= 0.6 is 0 Å². The largest absolute Gasteiger partial charge is 0.382 e. The highest BCUT2D eigenvalue weighted by molar-refractivity contribution is 6.06. The highest BCUT2D eigenvalue weighted by Crippen LogP contribution is 2.36. The van der Waals surface area contributed by atoms with E-state index in [4.69, 9.17) is 5.10 Å². The lowest BCUT2D eigenvalue weighted by Crippen LogP contribution is -2.37. The van der Waals surface area contributed by atoms with Gasteiger partial charge in [0.1, 0.15) is 0 Å². The van der Waals surface area contributed by atoms with Gasteiger partial charge in [-0.1, -0.05) is 12.8 Å². The fourth-order valence-electron chi connectivity index (χ4n) is 6.58. The Morgan fingerprint density at radius 1 is 1.14 bits per heavy atom. The number of carbonyl (C=O) groups is 1. The lowest BCUT2D eigenvalue weighted by molar-refractivity contribution is 0.0958. The van der Waals surface area contributed by atoms with Crippen molar-refractivity contribution >= 4 is 16.8 Å². The number of carbonyl (C=O) groups excluding carboxylic acids is 1. The van der Waals surface area contributed by atoms with E-state index in [0.717, 1.165) is 55.5 Å². The lowest BCUT2D eigenvalue weighted by atomic mass is 9.87. The molecule has 1 amide bonds. The second-order valence-corrected chi connectivity index (χ2v) is 11.3. The number of aromatic nitrogens is 2. The number of piperidine rings is 1. The Hall–Kier alpha value is -2.64. The number of amides is 1. The fourth-order valence-corrected chi connectivity index (χ4v) is 6.58. The second-order valence-electron chi connectivity index (χ2n) is 11.3. The van der Waals surface area contributed by atoms with Crippen molar-refractivity contribution in [3.05, 3.63) is 52.4 Å². The van der Waals surface area contributed by atoms with E-state index in [1.807, 2.05) is 13.2 Å². The highest BCUT2D eigenvalue weighted by atomic mass is 16.1. The topological polar surface area (TPSA) is 74.2 Å². The van der Waals surface area contributed by atoms with Gasteiger partial charge in [-0.3, -0.25) is 9.48 Å². The van der Waals surface area contributed by atoms with Gasteiger partial charge in [0.25, 0.3) is 5.91 Å². The Balaban J connectivity index is 1.42. The van der Waals surface area contributed by atoms with E-state index in [-0.39, 0.29) is 11.9 Å². The van der Waals surface area contributed by atoms with E-state index in [1.165, 1.54) is 48.1 Å². The molecule has 2 fully saturated rings. The van der Waals surface area contributed by atoms with Gasteiger partial charge in [-0.25, -0.2) is 0 Å². The van der Waals surface area contributed by atoms with Crippen molar-refractivity contribution < 1.29 is 4.79 Å². The van der Waals surface area contributed by atoms with Gasteiger partial charge in [-0.15, -0.1) is 0 Å². The SMILES string of the molecule is CNCCN1CCC(c2cc(C(=O)NCC3=C(C)C=C(C)NC3C)c3cnn(C4CCCC4)c3c2)CC1. The van der Waals surface area contributed by atoms with Crippen molar-refractivity contribution in [1.82, 2.24) is 30.6 Å². The minimum atomic E-state index is 0.00283. The number of hydrogen-bond acceptors (Lipinski definition) is 5. The molecule has 3 N–H and O–H groups in total. The van der Waals surface area contributed by atoms with E-state index in [1.54, 1.807) is 0 Å². The molecule has 5 rings (SSSR count). The van der Waals surface area contributed by atoms with Crippen LogP contribution in [-0.4, -0.2) is 66.4 Å². The Bertz CT molecular complexity index is 1180. The average molecular weight is 505 g/mol. The molecule has 1 aromatic heterocycles. The van der Waals surface area contributed by atoms with E-state index >= 15 is 0 Å². The molecule has 1 aromatic carbocycles. The number of benzene rings is 1. The van der Waals surface area contributed by atoms with Crippen LogP contribution in [0.5, 0.6) is 0 Å². The number of fused-ring (bicyclic) bond motifs is 1. The molecule has 1 aliphatic carbocycles. The van der Waals surface area contributed by atoms with Gasteiger partial charge in [-0.05, 0) is 107 Å². The Morgan fingerprint density at radius 2 is 1.89 bits per heavy atom. The summed E-state index contributed by atoms with van der Waals surface area (Å²) in [4.78, 5) is 16.2. The zero-order valence-corrected chi connectivity index (χ0v) is 23.1. The molecular weight excluding hydrogens is 460 g/mol. The van der Waals surface area contributed by atoms with Gasteiger partial charge >= 0.3 is 0 Å². The molecule has 1 atom stereocenters. The summed E-state index contributed by atoms with van der Waals surface area (Å²) in [6.45, 7) is 11.3. The van der Waals surface area contributed by atoms with Crippen molar-refractivity contribution in [1.29, 1.82) is 0 Å². The van der Waals surface area contributed by atoms with Crippen molar-refractivity contribution in [2.75, 3.05) is 39.8 Å². The van der Waals surface area contributed by atoms with Gasteiger partial charge < -0.3 is 20.9 Å². The van der Waals surface area contributed by atoms with Crippen LogP contribution in [0.3, 0.4) is 0 Å². The van der Waals surface area contributed by atoms with Gasteiger partial charge in [0.2, 0.25) is 0 Å². The van der Waals surface area contributed by atoms with Crippen LogP contribution in [0, 0.1) is 0 Å². The van der Waals surface area contributed by atoms with E-state index in [2.05, 4.69) is 64.5 Å². The summed E-state index contributed by atoms with van der Waals surface area (Å²) in [5.74, 6) is 0.484. The van der Waals surface area contributed by atoms with Crippen LogP contribution in [0.25, 0.3) is 10.9 Å². The quantitative estimate of drug-likeness (QED) is 0.494. The molecule has 3 aliphatic rings. The third kappa shape index (κ3) is 5.63. The standard InChI is InChI=1S/C30H44N6O/c1-20-15-21(2)34-22(3)27(20)18-32-30(37)26-16-24(23-9-12-35(13-10-23)14-11-31-4)17-29-28(26)19-33-36(29)25-7-5-6-8-25/h15-17,19,22-23,25,31,34H,5-14,18H2,1-4H3,(H,32,37). The molecule has 0 bridgehead atoms. The predicted molar refractivity (Wildman–Crippen MR) is 151 cm³/mol. The molecule has 37 heavy (non-hydrogen) atoms. The van der Waals surface area contributed by atoms with Gasteiger partial charge in [-0.2, -0.15) is 5.10 Å². The molecule has 1 saturated carbocycles. The highest BCUT2D eigenvalue weighted by Gasteiger charge is 2.26. The van der Waals surface area contributed by atoms with Gasteiger partial charge in [0.05, 0.1) is 23.3 Å². The first-order valence-electron chi connectivity index (χ1n) is 14.3.